The monoisotopic (exact) mass is 194 g/mol. The maximum atomic E-state index is 4.90. The molecule has 0 spiro atoms. The minimum atomic E-state index is 0.604. The standard InChI is InChI=1S/C9H9ClN3/c10-6-8-2-3-9(11-7-8)13-5-1-4-12-13/h1-5,7,10H,6H2/q+1. The molecule has 2 aromatic rings. The van der Waals surface area contributed by atoms with Crippen molar-refractivity contribution < 1.29 is 11.6 Å². The quantitative estimate of drug-likeness (QED) is 0.670. The average Bonchev–Trinajstić information content (AvgIpc) is 2.71. The van der Waals surface area contributed by atoms with Gasteiger partial charge in [-0.1, -0.05) is 0 Å². The van der Waals surface area contributed by atoms with Gasteiger partial charge in [0.25, 0.3) is 0 Å². The highest BCUT2D eigenvalue weighted by atomic mass is 35.5. The molecule has 2 aromatic heterocycles. The summed E-state index contributed by atoms with van der Waals surface area (Å²) in [6.45, 7) is 0. The number of alkyl halides is 1. The van der Waals surface area contributed by atoms with E-state index in [2.05, 4.69) is 10.1 Å². The molecule has 0 amide bonds. The van der Waals surface area contributed by atoms with Gasteiger partial charge in [0.15, 0.2) is 11.7 Å². The topological polar surface area (TPSA) is 30.7 Å². The summed E-state index contributed by atoms with van der Waals surface area (Å²) in [7, 11) is 0. The second kappa shape index (κ2) is 3.58. The molecule has 0 aliphatic carbocycles. The Morgan fingerprint density at radius 1 is 1.38 bits per heavy atom. The van der Waals surface area contributed by atoms with E-state index in [1.807, 2.05) is 24.4 Å². The lowest BCUT2D eigenvalue weighted by Gasteiger charge is -1.98. The summed E-state index contributed by atoms with van der Waals surface area (Å²) in [5, 5.41) is 4.07. The number of hydrogen-bond donors (Lipinski definition) is 0. The van der Waals surface area contributed by atoms with E-state index in [0.717, 1.165) is 11.4 Å². The highest BCUT2D eigenvalue weighted by Gasteiger charge is 1.98. The molecule has 66 valence electrons. The van der Waals surface area contributed by atoms with Crippen molar-refractivity contribution in [1.82, 2.24) is 14.8 Å². The van der Waals surface area contributed by atoms with Crippen LogP contribution in [-0.2, 0) is 5.88 Å². The van der Waals surface area contributed by atoms with Crippen LogP contribution in [0.1, 0.15) is 5.56 Å². The molecule has 0 saturated carbocycles. The lowest BCUT2D eigenvalue weighted by molar-refractivity contribution is -0.386. The zero-order valence-electron chi connectivity index (χ0n) is 6.92. The van der Waals surface area contributed by atoms with Crippen molar-refractivity contribution in [3.05, 3.63) is 42.4 Å². The van der Waals surface area contributed by atoms with Crippen LogP contribution in [0.2, 0.25) is 0 Å². The van der Waals surface area contributed by atoms with Crippen LogP contribution in [0.4, 0.5) is 0 Å². The molecule has 0 N–H and O–H groups in total. The molecule has 2 rings (SSSR count). The molecule has 2 heterocycles. The van der Waals surface area contributed by atoms with Crippen LogP contribution in [0.15, 0.2) is 36.8 Å². The minimum Gasteiger partial charge on any atom is -0.237 e. The fourth-order valence-corrected chi connectivity index (χ4v) is 1.21. The molecule has 3 nitrogen and oxygen atoms in total. The van der Waals surface area contributed by atoms with Crippen molar-refractivity contribution in [3.63, 3.8) is 0 Å². The van der Waals surface area contributed by atoms with Crippen molar-refractivity contribution in [2.75, 3.05) is 0 Å². The molecular formula is C9H9ClN3+. The van der Waals surface area contributed by atoms with Crippen LogP contribution in [0.25, 0.3) is 5.82 Å². The molecule has 0 saturated heterocycles. The second-order valence-electron chi connectivity index (χ2n) is 2.62. The van der Waals surface area contributed by atoms with Gasteiger partial charge in [-0.2, -0.15) is 5.10 Å². The van der Waals surface area contributed by atoms with Crippen molar-refractivity contribution in [2.24, 2.45) is 0 Å². The number of halogens is 1. The van der Waals surface area contributed by atoms with Gasteiger partial charge < -0.3 is 0 Å². The maximum Gasteiger partial charge on any atom is 0.196 e. The largest absolute Gasteiger partial charge is 0.237 e. The van der Waals surface area contributed by atoms with E-state index in [-0.39, 0.29) is 0 Å². The zero-order valence-corrected chi connectivity index (χ0v) is 7.74. The van der Waals surface area contributed by atoms with Crippen molar-refractivity contribution in [1.29, 1.82) is 0 Å². The van der Waals surface area contributed by atoms with Crippen molar-refractivity contribution >= 4 is 0 Å². The molecule has 0 aliphatic heterocycles. The number of rotatable bonds is 2. The Balaban J connectivity index is 2.33. The van der Waals surface area contributed by atoms with Crippen molar-refractivity contribution in [2.45, 2.75) is 5.88 Å². The van der Waals surface area contributed by atoms with Gasteiger partial charge in [-0.3, -0.25) is 0 Å². The lowest BCUT2D eigenvalue weighted by atomic mass is 10.3. The summed E-state index contributed by atoms with van der Waals surface area (Å²) in [4.78, 5) is 4.23. The third-order valence-corrected chi connectivity index (χ3v) is 2.05. The molecule has 0 unspecified atom stereocenters. The number of hydrogen-bond acceptors (Lipinski definition) is 2. The maximum absolute atomic E-state index is 4.90. The van der Waals surface area contributed by atoms with E-state index in [1.165, 1.54) is 0 Å². The molecule has 4 heteroatoms. The predicted molar refractivity (Wildman–Crippen MR) is 46.5 cm³/mol. The van der Waals surface area contributed by atoms with Gasteiger partial charge in [-0.05, 0) is 18.2 Å². The average molecular weight is 195 g/mol. The van der Waals surface area contributed by atoms with Gasteiger partial charge in [0, 0.05) is 24.2 Å². The summed E-state index contributed by atoms with van der Waals surface area (Å²) in [6.07, 6.45) is 5.36. The fourth-order valence-electron chi connectivity index (χ4n) is 1.04. The predicted octanol–water partition coefficient (Wildman–Crippen LogP) is 1.05. The van der Waals surface area contributed by atoms with Crippen LogP contribution in [0, 0.1) is 11.6 Å². The number of nitrogens with zero attached hydrogens (tertiary/aromatic N) is 3. The van der Waals surface area contributed by atoms with Crippen molar-refractivity contribution in [3.8, 4) is 5.82 Å². The van der Waals surface area contributed by atoms with Crippen LogP contribution >= 0.6 is 0 Å². The molecule has 13 heavy (non-hydrogen) atoms. The van der Waals surface area contributed by atoms with Gasteiger partial charge in [-0.15, -0.1) is 0 Å². The SMILES string of the molecule is [ClH+]Cc1ccc(-n2cccn2)nc1. The summed E-state index contributed by atoms with van der Waals surface area (Å²) in [6, 6.07) is 5.74. The van der Waals surface area contributed by atoms with Gasteiger partial charge >= 0.3 is 0 Å². The lowest BCUT2D eigenvalue weighted by Crippen LogP contribution is -1.97. The summed E-state index contributed by atoms with van der Waals surface area (Å²) >= 11 is 4.90. The summed E-state index contributed by atoms with van der Waals surface area (Å²) in [5.41, 5.74) is 1.06. The normalized spacial score (nSPS) is 10.2. The third kappa shape index (κ3) is 1.70. The summed E-state index contributed by atoms with van der Waals surface area (Å²) in [5.74, 6) is 1.42. The Labute approximate surface area is 81.0 Å². The van der Waals surface area contributed by atoms with Gasteiger partial charge in [0.1, 0.15) is 11.6 Å². The van der Waals surface area contributed by atoms with Gasteiger partial charge in [-0.25, -0.2) is 9.67 Å². The van der Waals surface area contributed by atoms with Gasteiger partial charge in [0.2, 0.25) is 0 Å². The highest BCUT2D eigenvalue weighted by Crippen LogP contribution is 2.04. The molecular weight excluding hydrogens is 186 g/mol. The third-order valence-electron chi connectivity index (χ3n) is 1.71. The van der Waals surface area contributed by atoms with E-state index < -0.39 is 0 Å². The number of aromatic nitrogens is 3. The summed E-state index contributed by atoms with van der Waals surface area (Å²) < 4.78 is 1.72. The minimum absolute atomic E-state index is 0.604. The smallest absolute Gasteiger partial charge is 0.196 e. The Kier molecular flexibility index (Phi) is 2.27. The van der Waals surface area contributed by atoms with Crippen LogP contribution in [0.5, 0.6) is 0 Å². The molecule has 0 fully saturated rings. The zero-order chi connectivity index (χ0) is 9.10. The molecule has 0 bridgehead atoms. The van der Waals surface area contributed by atoms with Gasteiger partial charge in [0.05, 0.1) is 0 Å². The van der Waals surface area contributed by atoms with Crippen LogP contribution < -0.4 is 0 Å². The number of pyridine rings is 1. The van der Waals surface area contributed by atoms with E-state index >= 15 is 0 Å². The van der Waals surface area contributed by atoms with Crippen LogP contribution in [-0.4, -0.2) is 14.8 Å². The molecule has 0 aromatic carbocycles. The fraction of sp³-hybridized carbons (Fsp3) is 0.111. The Bertz CT molecular complexity index is 366. The van der Waals surface area contributed by atoms with E-state index in [9.17, 15) is 0 Å². The van der Waals surface area contributed by atoms with E-state index in [4.69, 9.17) is 11.6 Å². The highest BCUT2D eigenvalue weighted by molar-refractivity contribution is 5.23. The first-order valence-corrected chi connectivity index (χ1v) is 4.51. The first-order valence-electron chi connectivity index (χ1n) is 3.93. The Hall–Kier alpha value is -1.35. The Morgan fingerprint density at radius 3 is 2.85 bits per heavy atom. The van der Waals surface area contributed by atoms with E-state index in [1.54, 1.807) is 17.1 Å². The molecule has 0 radical (unpaired) electrons. The second-order valence-corrected chi connectivity index (χ2v) is 2.91. The Morgan fingerprint density at radius 2 is 2.31 bits per heavy atom. The van der Waals surface area contributed by atoms with E-state index in [0.29, 0.717) is 5.88 Å². The first kappa shape index (κ1) is 8.26. The van der Waals surface area contributed by atoms with Crippen LogP contribution in [0.3, 0.4) is 0 Å². The first-order chi connectivity index (χ1) is 6.40. The molecule has 0 atom stereocenters. The molecule has 0 aliphatic rings.